The minimum absolute atomic E-state index is 0.0120. The SMILES string of the molecule is Cc1ccc([C@@H](C)O)c(CO)c1. The van der Waals surface area contributed by atoms with Gasteiger partial charge in [0.1, 0.15) is 0 Å². The number of hydrogen-bond acceptors (Lipinski definition) is 2. The second kappa shape index (κ2) is 3.70. The van der Waals surface area contributed by atoms with E-state index in [-0.39, 0.29) is 6.61 Å². The van der Waals surface area contributed by atoms with Gasteiger partial charge in [0, 0.05) is 0 Å². The van der Waals surface area contributed by atoms with Crippen molar-refractivity contribution in [3.63, 3.8) is 0 Å². The first-order valence-electron chi connectivity index (χ1n) is 4.03. The van der Waals surface area contributed by atoms with Crippen LogP contribution in [0.25, 0.3) is 0 Å². The van der Waals surface area contributed by atoms with Gasteiger partial charge < -0.3 is 10.2 Å². The molecule has 0 saturated carbocycles. The van der Waals surface area contributed by atoms with E-state index in [2.05, 4.69) is 0 Å². The third-order valence-electron chi connectivity index (χ3n) is 1.92. The zero-order valence-electron chi connectivity index (χ0n) is 7.41. The highest BCUT2D eigenvalue weighted by molar-refractivity contribution is 5.32. The van der Waals surface area contributed by atoms with Gasteiger partial charge >= 0.3 is 0 Å². The van der Waals surface area contributed by atoms with Gasteiger partial charge in [0.15, 0.2) is 0 Å². The molecule has 0 saturated heterocycles. The Morgan fingerprint density at radius 3 is 2.58 bits per heavy atom. The molecule has 1 aromatic rings. The minimum Gasteiger partial charge on any atom is -0.392 e. The highest BCUT2D eigenvalue weighted by atomic mass is 16.3. The van der Waals surface area contributed by atoms with E-state index in [0.29, 0.717) is 0 Å². The summed E-state index contributed by atoms with van der Waals surface area (Å²) in [5.41, 5.74) is 2.72. The van der Waals surface area contributed by atoms with Gasteiger partial charge in [0.2, 0.25) is 0 Å². The molecule has 1 atom stereocenters. The first kappa shape index (κ1) is 9.23. The van der Waals surface area contributed by atoms with E-state index in [0.717, 1.165) is 16.7 Å². The normalized spacial score (nSPS) is 13.0. The molecule has 1 aromatic carbocycles. The third-order valence-corrected chi connectivity index (χ3v) is 1.92. The van der Waals surface area contributed by atoms with Crippen LogP contribution in [0.5, 0.6) is 0 Å². The first-order chi connectivity index (χ1) is 5.65. The maximum atomic E-state index is 9.32. The Morgan fingerprint density at radius 2 is 2.08 bits per heavy atom. The average molecular weight is 166 g/mol. The van der Waals surface area contributed by atoms with E-state index in [1.165, 1.54) is 0 Å². The largest absolute Gasteiger partial charge is 0.392 e. The predicted molar refractivity (Wildman–Crippen MR) is 47.7 cm³/mol. The fourth-order valence-electron chi connectivity index (χ4n) is 1.28. The summed E-state index contributed by atoms with van der Waals surface area (Å²) in [5, 5.41) is 18.3. The molecule has 0 heterocycles. The Hall–Kier alpha value is -0.860. The molecule has 0 aliphatic rings. The van der Waals surface area contributed by atoms with Gasteiger partial charge in [-0.25, -0.2) is 0 Å². The molecule has 0 bridgehead atoms. The Bertz CT molecular complexity index is 267. The number of aliphatic hydroxyl groups excluding tert-OH is 2. The van der Waals surface area contributed by atoms with E-state index in [4.69, 9.17) is 5.11 Å². The van der Waals surface area contributed by atoms with E-state index in [9.17, 15) is 5.11 Å². The molecule has 66 valence electrons. The minimum atomic E-state index is -0.507. The van der Waals surface area contributed by atoms with Gasteiger partial charge in [-0.2, -0.15) is 0 Å². The summed E-state index contributed by atoms with van der Waals surface area (Å²) in [6, 6.07) is 5.68. The first-order valence-corrected chi connectivity index (χ1v) is 4.03. The number of rotatable bonds is 2. The molecule has 0 aliphatic heterocycles. The number of benzene rings is 1. The number of hydrogen-bond donors (Lipinski definition) is 2. The molecule has 0 fully saturated rings. The smallest absolute Gasteiger partial charge is 0.0765 e. The summed E-state index contributed by atoms with van der Waals surface area (Å²) in [6.07, 6.45) is -0.507. The second-order valence-corrected chi connectivity index (χ2v) is 3.04. The highest BCUT2D eigenvalue weighted by Crippen LogP contribution is 2.18. The maximum Gasteiger partial charge on any atom is 0.0765 e. The molecule has 0 amide bonds. The van der Waals surface area contributed by atoms with Gasteiger partial charge in [0.05, 0.1) is 12.7 Å². The van der Waals surface area contributed by atoms with Crippen LogP contribution in [0.4, 0.5) is 0 Å². The van der Waals surface area contributed by atoms with Crippen molar-refractivity contribution < 1.29 is 10.2 Å². The fraction of sp³-hybridized carbons (Fsp3) is 0.400. The van der Waals surface area contributed by atoms with Crippen molar-refractivity contribution in [3.8, 4) is 0 Å². The molecule has 0 spiro atoms. The molecule has 1 rings (SSSR count). The van der Waals surface area contributed by atoms with E-state index in [1.807, 2.05) is 25.1 Å². The van der Waals surface area contributed by atoms with Crippen molar-refractivity contribution in [2.24, 2.45) is 0 Å². The van der Waals surface area contributed by atoms with Crippen LogP contribution in [-0.2, 0) is 6.61 Å². The van der Waals surface area contributed by atoms with Crippen molar-refractivity contribution >= 4 is 0 Å². The summed E-state index contributed by atoms with van der Waals surface area (Å²) in [5.74, 6) is 0. The van der Waals surface area contributed by atoms with E-state index < -0.39 is 6.10 Å². The number of aryl methyl sites for hydroxylation is 1. The van der Waals surface area contributed by atoms with Crippen LogP contribution < -0.4 is 0 Å². The van der Waals surface area contributed by atoms with Crippen LogP contribution in [0.3, 0.4) is 0 Å². The summed E-state index contributed by atoms with van der Waals surface area (Å²) in [7, 11) is 0. The Labute approximate surface area is 72.5 Å². The topological polar surface area (TPSA) is 40.5 Å². The summed E-state index contributed by atoms with van der Waals surface area (Å²) >= 11 is 0. The van der Waals surface area contributed by atoms with E-state index >= 15 is 0 Å². The molecule has 2 N–H and O–H groups in total. The van der Waals surface area contributed by atoms with Crippen molar-refractivity contribution in [1.29, 1.82) is 0 Å². The Balaban J connectivity index is 3.11. The predicted octanol–water partition coefficient (Wildman–Crippen LogP) is 1.54. The zero-order chi connectivity index (χ0) is 9.14. The maximum absolute atomic E-state index is 9.32. The lowest BCUT2D eigenvalue weighted by Crippen LogP contribution is -1.98. The van der Waals surface area contributed by atoms with Crippen LogP contribution in [-0.4, -0.2) is 10.2 Å². The quantitative estimate of drug-likeness (QED) is 0.699. The van der Waals surface area contributed by atoms with Gasteiger partial charge in [-0.05, 0) is 25.0 Å². The zero-order valence-corrected chi connectivity index (χ0v) is 7.41. The molecule has 0 radical (unpaired) electrons. The lowest BCUT2D eigenvalue weighted by atomic mass is 10.0. The fourth-order valence-corrected chi connectivity index (χ4v) is 1.28. The molecular weight excluding hydrogens is 152 g/mol. The van der Waals surface area contributed by atoms with Crippen molar-refractivity contribution in [3.05, 3.63) is 34.9 Å². The molecule has 0 aromatic heterocycles. The summed E-state index contributed by atoms with van der Waals surface area (Å²) in [6.45, 7) is 3.65. The molecular formula is C10H14O2. The summed E-state index contributed by atoms with van der Waals surface area (Å²) in [4.78, 5) is 0. The van der Waals surface area contributed by atoms with Crippen LogP contribution in [0.2, 0.25) is 0 Å². The van der Waals surface area contributed by atoms with Crippen molar-refractivity contribution in [1.82, 2.24) is 0 Å². The number of aliphatic hydroxyl groups is 2. The van der Waals surface area contributed by atoms with Gasteiger partial charge in [0.25, 0.3) is 0 Å². The van der Waals surface area contributed by atoms with Crippen LogP contribution in [0, 0.1) is 6.92 Å². The lowest BCUT2D eigenvalue weighted by Gasteiger charge is -2.10. The van der Waals surface area contributed by atoms with Gasteiger partial charge in [-0.15, -0.1) is 0 Å². The molecule has 2 nitrogen and oxygen atoms in total. The standard InChI is InChI=1S/C10H14O2/c1-7-3-4-10(8(2)12)9(5-7)6-11/h3-5,8,11-12H,6H2,1-2H3/t8-/m1/s1. The van der Waals surface area contributed by atoms with Gasteiger partial charge in [-0.3, -0.25) is 0 Å². The molecule has 12 heavy (non-hydrogen) atoms. The van der Waals surface area contributed by atoms with Crippen molar-refractivity contribution in [2.75, 3.05) is 0 Å². The van der Waals surface area contributed by atoms with E-state index in [1.54, 1.807) is 6.92 Å². The monoisotopic (exact) mass is 166 g/mol. The summed E-state index contributed by atoms with van der Waals surface area (Å²) < 4.78 is 0. The Kier molecular flexibility index (Phi) is 2.84. The molecule has 0 unspecified atom stereocenters. The van der Waals surface area contributed by atoms with Crippen LogP contribution in [0.15, 0.2) is 18.2 Å². The molecule has 0 aliphatic carbocycles. The molecule has 2 heteroatoms. The third kappa shape index (κ3) is 1.84. The average Bonchev–Trinajstić information content (AvgIpc) is 2.03. The Morgan fingerprint density at radius 1 is 1.42 bits per heavy atom. The van der Waals surface area contributed by atoms with Gasteiger partial charge in [-0.1, -0.05) is 23.8 Å². The van der Waals surface area contributed by atoms with Crippen molar-refractivity contribution in [2.45, 2.75) is 26.6 Å². The highest BCUT2D eigenvalue weighted by Gasteiger charge is 2.06. The van der Waals surface area contributed by atoms with Crippen LogP contribution >= 0.6 is 0 Å². The lowest BCUT2D eigenvalue weighted by molar-refractivity contribution is 0.193. The van der Waals surface area contributed by atoms with Crippen LogP contribution in [0.1, 0.15) is 29.7 Å². The second-order valence-electron chi connectivity index (χ2n) is 3.04.